The van der Waals surface area contributed by atoms with Crippen LogP contribution in [0.2, 0.25) is 0 Å². The van der Waals surface area contributed by atoms with E-state index in [9.17, 15) is 9.59 Å². The van der Waals surface area contributed by atoms with Gasteiger partial charge in [0.05, 0.1) is 29.7 Å². The molecule has 1 aliphatic heterocycles. The lowest BCUT2D eigenvalue weighted by molar-refractivity contribution is 0.0203. The highest BCUT2D eigenvalue weighted by Gasteiger charge is 2.32. The van der Waals surface area contributed by atoms with Crippen LogP contribution in [0.15, 0.2) is 60.8 Å². The summed E-state index contributed by atoms with van der Waals surface area (Å²) in [5, 5.41) is 7.59. The quantitative estimate of drug-likeness (QED) is 0.483. The molecule has 2 heterocycles. The number of piperidine rings is 1. The highest BCUT2D eigenvalue weighted by atomic mass is 16.6. The van der Waals surface area contributed by atoms with Crippen LogP contribution in [0.1, 0.15) is 62.5 Å². The normalized spacial score (nSPS) is 14.4. The third-order valence-electron chi connectivity index (χ3n) is 6.01. The van der Waals surface area contributed by atoms with Gasteiger partial charge in [0.1, 0.15) is 11.4 Å². The molecule has 1 aliphatic rings. The Morgan fingerprint density at radius 1 is 1.03 bits per heavy atom. The summed E-state index contributed by atoms with van der Waals surface area (Å²) < 4.78 is 12.9. The van der Waals surface area contributed by atoms with Crippen LogP contribution in [-0.2, 0) is 4.74 Å². The number of ether oxygens (including phenoxy) is 2. The second kappa shape index (κ2) is 10.8. The Bertz CT molecular complexity index is 1170. The van der Waals surface area contributed by atoms with Crippen molar-refractivity contribution in [2.24, 2.45) is 0 Å². The van der Waals surface area contributed by atoms with Crippen molar-refractivity contribution in [2.45, 2.75) is 52.1 Å². The smallest absolute Gasteiger partial charge is 0.410 e. The number of nitrogens with one attached hydrogen (secondary N) is 1. The van der Waals surface area contributed by atoms with E-state index in [1.165, 1.54) is 0 Å². The Kier molecular flexibility index (Phi) is 7.62. The first-order valence-corrected chi connectivity index (χ1v) is 12.4. The van der Waals surface area contributed by atoms with Gasteiger partial charge in [0.25, 0.3) is 5.91 Å². The fourth-order valence-corrected chi connectivity index (χ4v) is 4.36. The van der Waals surface area contributed by atoms with Gasteiger partial charge in [-0.3, -0.25) is 4.79 Å². The predicted molar refractivity (Wildman–Crippen MR) is 139 cm³/mol. The van der Waals surface area contributed by atoms with E-state index in [4.69, 9.17) is 9.47 Å². The molecule has 1 aromatic heterocycles. The van der Waals surface area contributed by atoms with Crippen molar-refractivity contribution in [3.05, 3.63) is 72.1 Å². The molecule has 0 aliphatic carbocycles. The van der Waals surface area contributed by atoms with Gasteiger partial charge in [0.15, 0.2) is 0 Å². The van der Waals surface area contributed by atoms with Crippen LogP contribution in [0.4, 0.5) is 10.5 Å². The molecule has 0 saturated carbocycles. The molecule has 8 nitrogen and oxygen atoms in total. The zero-order valence-electron chi connectivity index (χ0n) is 21.4. The standard InChI is InChI=1S/C28H34N4O4/c1-5-35-23-13-11-21(12-14-23)30-26(33)24-19-29-32(22-9-7-6-8-10-22)25(24)20-15-17-31(18-16-20)27(34)36-28(2,3)4/h6-14,19-20H,5,15-18H2,1-4H3,(H,30,33). The van der Waals surface area contributed by atoms with Crippen LogP contribution in [0.25, 0.3) is 5.69 Å². The second-order valence-corrected chi connectivity index (χ2v) is 9.84. The van der Waals surface area contributed by atoms with Crippen LogP contribution >= 0.6 is 0 Å². The molecule has 0 atom stereocenters. The highest BCUT2D eigenvalue weighted by Crippen LogP contribution is 2.33. The van der Waals surface area contributed by atoms with E-state index in [0.29, 0.717) is 43.8 Å². The summed E-state index contributed by atoms with van der Waals surface area (Å²) in [5.41, 5.74) is 2.42. The number of para-hydroxylation sites is 1. The zero-order chi connectivity index (χ0) is 25.7. The fraction of sp³-hybridized carbons (Fsp3) is 0.393. The first-order valence-electron chi connectivity index (χ1n) is 12.4. The minimum Gasteiger partial charge on any atom is -0.494 e. The van der Waals surface area contributed by atoms with Gasteiger partial charge in [-0.1, -0.05) is 18.2 Å². The number of carbonyl (C=O) groups excluding carboxylic acids is 2. The molecule has 0 radical (unpaired) electrons. The van der Waals surface area contributed by atoms with Crippen molar-refractivity contribution in [3.8, 4) is 11.4 Å². The molecule has 190 valence electrons. The summed E-state index contributed by atoms with van der Waals surface area (Å²) in [4.78, 5) is 27.7. The van der Waals surface area contributed by atoms with Crippen LogP contribution in [0, 0.1) is 0 Å². The van der Waals surface area contributed by atoms with Crippen LogP contribution < -0.4 is 10.1 Å². The molecule has 36 heavy (non-hydrogen) atoms. The summed E-state index contributed by atoms with van der Waals surface area (Å²) in [7, 11) is 0. The number of carbonyl (C=O) groups is 2. The van der Waals surface area contributed by atoms with Gasteiger partial charge in [-0.05, 0) is 76.9 Å². The first-order chi connectivity index (χ1) is 17.2. The maximum atomic E-state index is 13.4. The van der Waals surface area contributed by atoms with Crippen LogP contribution in [-0.4, -0.2) is 52.0 Å². The first kappa shape index (κ1) is 25.3. The van der Waals surface area contributed by atoms with Gasteiger partial charge >= 0.3 is 6.09 Å². The van der Waals surface area contributed by atoms with Crippen molar-refractivity contribution in [2.75, 3.05) is 25.0 Å². The zero-order valence-corrected chi connectivity index (χ0v) is 21.4. The van der Waals surface area contributed by atoms with Gasteiger partial charge in [-0.15, -0.1) is 0 Å². The maximum Gasteiger partial charge on any atom is 0.410 e. The van der Waals surface area contributed by atoms with Crippen molar-refractivity contribution in [3.63, 3.8) is 0 Å². The molecule has 2 amide bonds. The van der Waals surface area contributed by atoms with Gasteiger partial charge in [0, 0.05) is 24.7 Å². The van der Waals surface area contributed by atoms with E-state index in [2.05, 4.69) is 10.4 Å². The molecule has 0 spiro atoms. The van der Waals surface area contributed by atoms with E-state index in [1.807, 2.05) is 87.0 Å². The van der Waals surface area contributed by atoms with E-state index < -0.39 is 5.60 Å². The third kappa shape index (κ3) is 6.05. The Morgan fingerprint density at radius 3 is 2.31 bits per heavy atom. The molecule has 0 unspecified atom stereocenters. The largest absolute Gasteiger partial charge is 0.494 e. The predicted octanol–water partition coefficient (Wildman–Crippen LogP) is 5.64. The third-order valence-corrected chi connectivity index (χ3v) is 6.01. The number of nitrogens with zero attached hydrogens (tertiary/aromatic N) is 3. The van der Waals surface area contributed by atoms with E-state index in [0.717, 1.165) is 17.1 Å². The van der Waals surface area contributed by atoms with Gasteiger partial charge in [-0.2, -0.15) is 5.10 Å². The molecule has 0 bridgehead atoms. The summed E-state index contributed by atoms with van der Waals surface area (Å²) in [6.07, 6.45) is 2.75. The molecule has 1 fully saturated rings. The minimum absolute atomic E-state index is 0.0625. The van der Waals surface area contributed by atoms with Gasteiger partial charge < -0.3 is 19.7 Å². The number of rotatable bonds is 6. The lowest BCUT2D eigenvalue weighted by Crippen LogP contribution is -2.41. The Labute approximate surface area is 212 Å². The van der Waals surface area contributed by atoms with E-state index >= 15 is 0 Å². The van der Waals surface area contributed by atoms with Gasteiger partial charge in [-0.25, -0.2) is 9.48 Å². The molecule has 1 N–H and O–H groups in total. The van der Waals surface area contributed by atoms with Gasteiger partial charge in [0.2, 0.25) is 0 Å². The number of hydrogen-bond acceptors (Lipinski definition) is 5. The lowest BCUT2D eigenvalue weighted by atomic mass is 9.90. The van der Waals surface area contributed by atoms with Crippen molar-refractivity contribution >= 4 is 17.7 Å². The Hall–Kier alpha value is -3.81. The van der Waals surface area contributed by atoms with E-state index in [1.54, 1.807) is 11.1 Å². The summed E-state index contributed by atoms with van der Waals surface area (Å²) in [6, 6.07) is 17.1. The minimum atomic E-state index is -0.536. The Balaban J connectivity index is 1.56. The van der Waals surface area contributed by atoms with Crippen molar-refractivity contribution in [1.82, 2.24) is 14.7 Å². The summed E-state index contributed by atoms with van der Waals surface area (Å²) in [6.45, 7) is 9.22. The topological polar surface area (TPSA) is 85.7 Å². The van der Waals surface area contributed by atoms with Crippen molar-refractivity contribution < 1.29 is 19.1 Å². The summed E-state index contributed by atoms with van der Waals surface area (Å²) in [5.74, 6) is 0.600. The molecule has 4 rings (SSSR count). The average molecular weight is 491 g/mol. The average Bonchev–Trinajstić information content (AvgIpc) is 3.30. The fourth-order valence-electron chi connectivity index (χ4n) is 4.36. The number of anilines is 1. The maximum absolute atomic E-state index is 13.4. The molecular formula is C28H34N4O4. The SMILES string of the molecule is CCOc1ccc(NC(=O)c2cnn(-c3ccccc3)c2C2CCN(C(=O)OC(C)(C)C)CC2)cc1. The number of benzene rings is 2. The van der Waals surface area contributed by atoms with Crippen LogP contribution in [0.3, 0.4) is 0 Å². The Morgan fingerprint density at radius 2 is 1.69 bits per heavy atom. The molecule has 2 aromatic carbocycles. The molecule has 8 heteroatoms. The lowest BCUT2D eigenvalue weighted by Gasteiger charge is -2.34. The second-order valence-electron chi connectivity index (χ2n) is 9.84. The number of aromatic nitrogens is 2. The number of likely N-dealkylation sites (tertiary alicyclic amines) is 1. The molecular weight excluding hydrogens is 456 g/mol. The monoisotopic (exact) mass is 490 g/mol. The van der Waals surface area contributed by atoms with Crippen LogP contribution in [0.5, 0.6) is 5.75 Å². The van der Waals surface area contributed by atoms with Crippen molar-refractivity contribution in [1.29, 1.82) is 0 Å². The number of amides is 2. The van der Waals surface area contributed by atoms with E-state index in [-0.39, 0.29) is 17.9 Å². The highest BCUT2D eigenvalue weighted by molar-refractivity contribution is 6.05. The molecule has 3 aromatic rings. The number of hydrogen-bond donors (Lipinski definition) is 1. The summed E-state index contributed by atoms with van der Waals surface area (Å²) >= 11 is 0. The molecule has 1 saturated heterocycles.